The van der Waals surface area contributed by atoms with Crippen molar-refractivity contribution < 1.29 is 4.39 Å². The molecule has 3 aromatic carbocycles. The molecule has 2 heterocycles. The Morgan fingerprint density at radius 2 is 1.70 bits per heavy atom. The third-order valence-corrected chi connectivity index (χ3v) is 6.19. The summed E-state index contributed by atoms with van der Waals surface area (Å²) in [5, 5.41) is 12.8. The van der Waals surface area contributed by atoms with Crippen molar-refractivity contribution in [3.63, 3.8) is 0 Å². The second-order valence-corrected chi connectivity index (χ2v) is 8.47. The van der Waals surface area contributed by atoms with Gasteiger partial charge in [0.25, 0.3) is 0 Å². The molecule has 0 saturated heterocycles. The van der Waals surface area contributed by atoms with Gasteiger partial charge in [-0.25, -0.2) is 9.07 Å². The van der Waals surface area contributed by atoms with E-state index in [2.05, 4.69) is 69.8 Å². The molecule has 0 fully saturated rings. The average molecular weight is 440 g/mol. The third kappa shape index (κ3) is 4.76. The Balaban J connectivity index is 1.46. The molecule has 1 aromatic heterocycles. The lowest BCUT2D eigenvalue weighted by atomic mass is 9.96. The Labute approximate surface area is 193 Å². The molecule has 33 heavy (non-hydrogen) atoms. The lowest BCUT2D eigenvalue weighted by Crippen LogP contribution is -2.35. The van der Waals surface area contributed by atoms with Crippen LogP contribution in [0.2, 0.25) is 0 Å². The summed E-state index contributed by atoms with van der Waals surface area (Å²) >= 11 is 0. The van der Waals surface area contributed by atoms with E-state index in [4.69, 9.17) is 0 Å². The highest BCUT2D eigenvalue weighted by molar-refractivity contribution is 5.66. The Hall–Kier alpha value is -3.64. The van der Waals surface area contributed by atoms with Crippen molar-refractivity contribution in [3.05, 3.63) is 119 Å². The maximum Gasteiger partial charge on any atom is 0.173 e. The lowest BCUT2D eigenvalue weighted by Gasteiger charge is -2.33. The highest BCUT2D eigenvalue weighted by Crippen LogP contribution is 2.32. The molecule has 166 valence electrons. The second-order valence-electron chi connectivity index (χ2n) is 8.47. The maximum absolute atomic E-state index is 13.3. The SMILES string of the molecule is Cc1ccc([C@H](c2nnnn2Cc2ccccc2)N2CC=C(c3ccc(F)cc3)CC2)cc1. The normalized spacial score (nSPS) is 15.3. The first-order valence-corrected chi connectivity index (χ1v) is 11.2. The van der Waals surface area contributed by atoms with Gasteiger partial charge in [0, 0.05) is 13.1 Å². The van der Waals surface area contributed by atoms with Crippen molar-refractivity contribution in [1.82, 2.24) is 25.1 Å². The number of tetrazole rings is 1. The molecule has 0 saturated carbocycles. The van der Waals surface area contributed by atoms with Crippen molar-refractivity contribution in [1.29, 1.82) is 0 Å². The van der Waals surface area contributed by atoms with Crippen LogP contribution in [0.4, 0.5) is 4.39 Å². The largest absolute Gasteiger partial charge is 0.286 e. The fourth-order valence-corrected chi connectivity index (χ4v) is 4.39. The first-order chi connectivity index (χ1) is 16.2. The molecule has 5 rings (SSSR count). The molecule has 0 bridgehead atoms. The fourth-order valence-electron chi connectivity index (χ4n) is 4.39. The summed E-state index contributed by atoms with van der Waals surface area (Å²) in [6.07, 6.45) is 3.12. The van der Waals surface area contributed by atoms with E-state index in [1.54, 1.807) is 0 Å². The number of aryl methyl sites for hydroxylation is 1. The van der Waals surface area contributed by atoms with E-state index in [1.807, 2.05) is 35.0 Å². The summed E-state index contributed by atoms with van der Waals surface area (Å²) in [5.74, 6) is 0.628. The Morgan fingerprint density at radius 1 is 0.939 bits per heavy atom. The fraction of sp³-hybridized carbons (Fsp3) is 0.222. The van der Waals surface area contributed by atoms with Gasteiger partial charge >= 0.3 is 0 Å². The average Bonchev–Trinajstić information content (AvgIpc) is 3.30. The van der Waals surface area contributed by atoms with Crippen LogP contribution in [0, 0.1) is 12.7 Å². The van der Waals surface area contributed by atoms with Crippen LogP contribution >= 0.6 is 0 Å². The standard InChI is InChI=1S/C27H26FN5/c1-20-7-9-24(10-8-20)26(27-29-30-31-33(27)19-21-5-3-2-4-6-21)32-17-15-23(16-18-32)22-11-13-25(28)14-12-22/h2-15,26H,16-19H2,1H3/t26-/m1/s1. The molecule has 0 radical (unpaired) electrons. The van der Waals surface area contributed by atoms with Crippen molar-refractivity contribution in [2.45, 2.75) is 25.9 Å². The van der Waals surface area contributed by atoms with E-state index >= 15 is 0 Å². The highest BCUT2D eigenvalue weighted by atomic mass is 19.1. The monoisotopic (exact) mass is 439 g/mol. The van der Waals surface area contributed by atoms with Crippen LogP contribution in [-0.2, 0) is 6.54 Å². The molecule has 0 unspecified atom stereocenters. The summed E-state index contributed by atoms with van der Waals surface area (Å²) in [6.45, 7) is 4.34. The van der Waals surface area contributed by atoms with Gasteiger partial charge in [0.2, 0.25) is 0 Å². The van der Waals surface area contributed by atoms with E-state index in [9.17, 15) is 4.39 Å². The van der Waals surface area contributed by atoms with Crippen LogP contribution in [-0.4, -0.2) is 38.2 Å². The number of aromatic nitrogens is 4. The number of hydrogen-bond acceptors (Lipinski definition) is 4. The summed E-state index contributed by atoms with van der Waals surface area (Å²) in [4.78, 5) is 2.41. The van der Waals surface area contributed by atoms with Crippen LogP contribution < -0.4 is 0 Å². The molecule has 1 aliphatic rings. The second kappa shape index (κ2) is 9.46. The summed E-state index contributed by atoms with van der Waals surface area (Å²) in [7, 11) is 0. The Morgan fingerprint density at radius 3 is 2.39 bits per heavy atom. The van der Waals surface area contributed by atoms with E-state index in [0.29, 0.717) is 6.54 Å². The molecule has 5 nitrogen and oxygen atoms in total. The molecule has 1 atom stereocenters. The Kier molecular flexibility index (Phi) is 6.09. The predicted molar refractivity (Wildman–Crippen MR) is 127 cm³/mol. The minimum absolute atomic E-state index is 0.0599. The van der Waals surface area contributed by atoms with Gasteiger partial charge in [0.15, 0.2) is 5.82 Å². The van der Waals surface area contributed by atoms with Gasteiger partial charge in [-0.15, -0.1) is 5.10 Å². The molecule has 1 aliphatic heterocycles. The van der Waals surface area contributed by atoms with Crippen LogP contribution in [0.25, 0.3) is 5.57 Å². The highest BCUT2D eigenvalue weighted by Gasteiger charge is 2.29. The maximum atomic E-state index is 13.3. The molecular weight excluding hydrogens is 413 g/mol. The van der Waals surface area contributed by atoms with E-state index < -0.39 is 0 Å². The van der Waals surface area contributed by atoms with Crippen LogP contribution in [0.3, 0.4) is 0 Å². The zero-order valence-electron chi connectivity index (χ0n) is 18.6. The topological polar surface area (TPSA) is 46.8 Å². The van der Waals surface area contributed by atoms with E-state index in [0.717, 1.165) is 36.5 Å². The lowest BCUT2D eigenvalue weighted by molar-refractivity contribution is 0.235. The minimum Gasteiger partial charge on any atom is -0.286 e. The third-order valence-electron chi connectivity index (χ3n) is 6.19. The van der Waals surface area contributed by atoms with Gasteiger partial charge in [-0.05, 0) is 58.2 Å². The smallest absolute Gasteiger partial charge is 0.173 e. The van der Waals surface area contributed by atoms with E-state index in [1.165, 1.54) is 28.8 Å². The van der Waals surface area contributed by atoms with Crippen molar-refractivity contribution in [3.8, 4) is 0 Å². The first-order valence-electron chi connectivity index (χ1n) is 11.2. The predicted octanol–water partition coefficient (Wildman–Crippen LogP) is 5.05. The molecule has 0 amide bonds. The Bertz CT molecular complexity index is 1230. The number of hydrogen-bond donors (Lipinski definition) is 0. The van der Waals surface area contributed by atoms with Crippen molar-refractivity contribution in [2.24, 2.45) is 0 Å². The quantitative estimate of drug-likeness (QED) is 0.422. The molecule has 6 heteroatoms. The summed E-state index contributed by atoms with van der Waals surface area (Å²) < 4.78 is 15.2. The zero-order valence-corrected chi connectivity index (χ0v) is 18.6. The number of benzene rings is 3. The molecule has 0 aliphatic carbocycles. The number of nitrogens with zero attached hydrogens (tertiary/aromatic N) is 5. The van der Waals surface area contributed by atoms with Gasteiger partial charge in [-0.1, -0.05) is 78.4 Å². The zero-order chi connectivity index (χ0) is 22.6. The minimum atomic E-state index is -0.207. The van der Waals surface area contributed by atoms with Crippen LogP contribution in [0.1, 0.15) is 40.5 Å². The van der Waals surface area contributed by atoms with Crippen LogP contribution in [0.15, 0.2) is 84.9 Å². The number of rotatable bonds is 6. The van der Waals surface area contributed by atoms with Gasteiger partial charge in [0.05, 0.1) is 12.6 Å². The first kappa shape index (κ1) is 21.2. The van der Waals surface area contributed by atoms with Gasteiger partial charge in [-0.3, -0.25) is 4.90 Å². The molecule has 4 aromatic rings. The van der Waals surface area contributed by atoms with Gasteiger partial charge < -0.3 is 0 Å². The van der Waals surface area contributed by atoms with E-state index in [-0.39, 0.29) is 11.9 Å². The van der Waals surface area contributed by atoms with Gasteiger partial charge in [0.1, 0.15) is 5.82 Å². The molecule has 0 spiro atoms. The summed E-state index contributed by atoms with van der Waals surface area (Å²) in [5.41, 5.74) is 5.88. The van der Waals surface area contributed by atoms with Gasteiger partial charge in [-0.2, -0.15) is 0 Å². The molecular formula is C27H26FN5. The van der Waals surface area contributed by atoms with Crippen molar-refractivity contribution >= 4 is 5.57 Å². The molecule has 0 N–H and O–H groups in total. The van der Waals surface area contributed by atoms with Crippen LogP contribution in [0.5, 0.6) is 0 Å². The summed E-state index contributed by atoms with van der Waals surface area (Å²) in [6, 6.07) is 25.6. The van der Waals surface area contributed by atoms with Crippen molar-refractivity contribution in [2.75, 3.05) is 13.1 Å². The number of halogens is 1.